The van der Waals surface area contributed by atoms with Gasteiger partial charge in [-0.25, -0.2) is 9.78 Å². The van der Waals surface area contributed by atoms with Crippen LogP contribution in [-0.2, 0) is 37.3 Å². The number of esters is 2. The number of hydrogen-bond donors (Lipinski definition) is 1. The van der Waals surface area contributed by atoms with Crippen molar-refractivity contribution in [3.05, 3.63) is 29.6 Å². The zero-order chi connectivity index (χ0) is 25.4. The maximum absolute atomic E-state index is 12.4. The molecule has 1 aromatic carbocycles. The lowest BCUT2D eigenvalue weighted by molar-refractivity contribution is -0.149. The first-order valence-electron chi connectivity index (χ1n) is 11.6. The molecule has 35 heavy (non-hydrogen) atoms. The minimum atomic E-state index is -0.492. The molecule has 0 aliphatic carbocycles. The molecule has 190 valence electrons. The molecule has 0 unspecified atom stereocenters. The summed E-state index contributed by atoms with van der Waals surface area (Å²) in [5.74, 6) is 0.268. The predicted molar refractivity (Wildman–Crippen MR) is 125 cm³/mol. The Morgan fingerprint density at radius 2 is 1.89 bits per heavy atom. The van der Waals surface area contributed by atoms with Gasteiger partial charge in [0.15, 0.2) is 0 Å². The third-order valence-electron chi connectivity index (χ3n) is 6.17. The van der Waals surface area contributed by atoms with Gasteiger partial charge in [-0.1, -0.05) is 0 Å². The third-order valence-corrected chi connectivity index (χ3v) is 6.17. The first kappa shape index (κ1) is 26.0. The van der Waals surface area contributed by atoms with Crippen molar-refractivity contribution in [2.45, 2.75) is 39.0 Å². The zero-order valence-electron chi connectivity index (χ0n) is 20.4. The number of carbonyl (C=O) groups is 4. The van der Waals surface area contributed by atoms with E-state index in [0.717, 1.165) is 42.5 Å². The first-order chi connectivity index (χ1) is 16.8. The van der Waals surface area contributed by atoms with Gasteiger partial charge in [0.25, 0.3) is 5.91 Å². The number of hydrogen-bond acceptors (Lipinski definition) is 8. The Bertz CT molecular complexity index is 1070. The zero-order valence-corrected chi connectivity index (χ0v) is 20.4. The summed E-state index contributed by atoms with van der Waals surface area (Å²) in [6.07, 6.45) is 3.10. The van der Waals surface area contributed by atoms with Gasteiger partial charge < -0.3 is 29.0 Å². The molecule has 1 fully saturated rings. The number of amides is 2. The average Bonchev–Trinajstić information content (AvgIpc) is 3.17. The number of piperidine rings is 1. The fourth-order valence-electron chi connectivity index (χ4n) is 4.09. The van der Waals surface area contributed by atoms with E-state index in [1.165, 1.54) is 14.0 Å². The molecule has 1 aliphatic heterocycles. The van der Waals surface area contributed by atoms with Gasteiger partial charge in [-0.3, -0.25) is 14.4 Å². The van der Waals surface area contributed by atoms with Crippen molar-refractivity contribution in [2.75, 3.05) is 33.5 Å². The number of aryl methyl sites for hydroxylation is 2. The van der Waals surface area contributed by atoms with Crippen molar-refractivity contribution in [1.29, 1.82) is 0 Å². The van der Waals surface area contributed by atoms with Crippen LogP contribution in [0.4, 0.5) is 4.79 Å². The van der Waals surface area contributed by atoms with E-state index < -0.39 is 12.1 Å². The van der Waals surface area contributed by atoms with Crippen LogP contribution in [0.25, 0.3) is 11.0 Å². The summed E-state index contributed by atoms with van der Waals surface area (Å²) in [5, 5.41) is 2.71. The van der Waals surface area contributed by atoms with Crippen LogP contribution in [0.5, 0.6) is 0 Å². The second kappa shape index (κ2) is 12.2. The molecule has 11 heteroatoms. The molecule has 0 saturated carbocycles. The summed E-state index contributed by atoms with van der Waals surface area (Å²) in [6.45, 7) is 2.30. The van der Waals surface area contributed by atoms with E-state index in [0.29, 0.717) is 24.6 Å². The number of benzene rings is 1. The predicted octanol–water partition coefficient (Wildman–Crippen LogP) is 2.17. The van der Waals surface area contributed by atoms with Crippen molar-refractivity contribution in [2.24, 2.45) is 13.0 Å². The maximum Gasteiger partial charge on any atom is 0.412 e. The Morgan fingerprint density at radius 3 is 2.57 bits per heavy atom. The van der Waals surface area contributed by atoms with E-state index in [9.17, 15) is 19.2 Å². The highest BCUT2D eigenvalue weighted by Gasteiger charge is 2.24. The van der Waals surface area contributed by atoms with E-state index in [-0.39, 0.29) is 31.6 Å². The molecule has 1 N–H and O–H groups in total. The van der Waals surface area contributed by atoms with E-state index in [1.807, 2.05) is 17.7 Å². The second-order valence-corrected chi connectivity index (χ2v) is 8.51. The standard InChI is InChI=1S/C24H32N4O7/c1-16(29)34-15-35-24(32)28-12-9-17(10-13-28)4-7-21-26-19-14-18(5-6-20(19)27(21)2)23(31)25-11-8-22(30)33-3/h5-6,14,17H,4,7-13,15H2,1-3H3,(H,25,31). The van der Waals surface area contributed by atoms with E-state index in [1.54, 1.807) is 17.0 Å². The van der Waals surface area contributed by atoms with Crippen molar-refractivity contribution in [3.8, 4) is 0 Å². The molecule has 1 aromatic heterocycles. The van der Waals surface area contributed by atoms with Gasteiger partial charge in [-0.15, -0.1) is 0 Å². The van der Waals surface area contributed by atoms with Gasteiger partial charge in [0.05, 0.1) is 24.6 Å². The smallest absolute Gasteiger partial charge is 0.412 e. The highest BCUT2D eigenvalue weighted by atomic mass is 16.7. The molecule has 0 spiro atoms. The number of carbonyl (C=O) groups excluding carboxylic acids is 4. The molecular weight excluding hydrogens is 456 g/mol. The number of fused-ring (bicyclic) bond motifs is 1. The number of ether oxygens (including phenoxy) is 3. The summed E-state index contributed by atoms with van der Waals surface area (Å²) >= 11 is 0. The molecule has 3 rings (SSSR count). The van der Waals surface area contributed by atoms with Crippen LogP contribution in [-0.4, -0.2) is 71.9 Å². The largest absolute Gasteiger partial charge is 0.469 e. The average molecular weight is 489 g/mol. The molecule has 1 saturated heterocycles. The van der Waals surface area contributed by atoms with Crippen molar-refractivity contribution in [3.63, 3.8) is 0 Å². The summed E-state index contributed by atoms with van der Waals surface area (Å²) in [7, 11) is 3.27. The van der Waals surface area contributed by atoms with E-state index in [4.69, 9.17) is 9.72 Å². The fraction of sp³-hybridized carbons (Fsp3) is 0.542. The molecule has 2 heterocycles. The van der Waals surface area contributed by atoms with Crippen LogP contribution in [0.1, 0.15) is 48.8 Å². The number of nitrogens with zero attached hydrogens (tertiary/aromatic N) is 3. The fourth-order valence-corrected chi connectivity index (χ4v) is 4.09. The molecule has 0 atom stereocenters. The highest BCUT2D eigenvalue weighted by Crippen LogP contribution is 2.24. The van der Waals surface area contributed by atoms with Crippen molar-refractivity contribution < 1.29 is 33.4 Å². The Morgan fingerprint density at radius 1 is 1.14 bits per heavy atom. The third kappa shape index (κ3) is 7.17. The van der Waals surface area contributed by atoms with Crippen LogP contribution in [0.15, 0.2) is 18.2 Å². The lowest BCUT2D eigenvalue weighted by atomic mass is 9.92. The van der Waals surface area contributed by atoms with Crippen LogP contribution in [0.3, 0.4) is 0 Å². The van der Waals surface area contributed by atoms with Crippen LogP contribution in [0, 0.1) is 5.92 Å². The molecule has 0 bridgehead atoms. The molecular formula is C24H32N4O7. The SMILES string of the molecule is COC(=O)CCNC(=O)c1ccc2c(c1)nc(CCC1CCN(C(=O)OCOC(C)=O)CC1)n2C. The molecule has 2 aromatic rings. The minimum Gasteiger partial charge on any atom is -0.469 e. The van der Waals surface area contributed by atoms with E-state index >= 15 is 0 Å². The van der Waals surface area contributed by atoms with Gasteiger partial charge in [0, 0.05) is 45.6 Å². The lowest BCUT2D eigenvalue weighted by Crippen LogP contribution is -2.39. The van der Waals surface area contributed by atoms with Crippen LogP contribution >= 0.6 is 0 Å². The van der Waals surface area contributed by atoms with Crippen LogP contribution in [0.2, 0.25) is 0 Å². The topological polar surface area (TPSA) is 129 Å². The molecule has 11 nitrogen and oxygen atoms in total. The Labute approximate surface area is 203 Å². The normalized spacial score (nSPS) is 14.0. The number of aromatic nitrogens is 2. The number of methoxy groups -OCH3 is 1. The van der Waals surface area contributed by atoms with Gasteiger partial charge in [-0.05, 0) is 43.4 Å². The first-order valence-corrected chi connectivity index (χ1v) is 11.6. The van der Waals surface area contributed by atoms with Crippen LogP contribution < -0.4 is 5.32 Å². The number of likely N-dealkylation sites (tertiary alicyclic amines) is 1. The quantitative estimate of drug-likeness (QED) is 0.420. The monoisotopic (exact) mass is 488 g/mol. The van der Waals surface area contributed by atoms with Gasteiger partial charge in [0.2, 0.25) is 6.79 Å². The highest BCUT2D eigenvalue weighted by molar-refractivity contribution is 5.97. The Hall–Kier alpha value is -3.63. The summed E-state index contributed by atoms with van der Waals surface area (Å²) in [4.78, 5) is 52.8. The minimum absolute atomic E-state index is 0.118. The van der Waals surface area contributed by atoms with E-state index in [2.05, 4.69) is 14.8 Å². The Balaban J connectivity index is 1.49. The van der Waals surface area contributed by atoms with Gasteiger partial charge in [-0.2, -0.15) is 0 Å². The van der Waals surface area contributed by atoms with Gasteiger partial charge >= 0.3 is 18.0 Å². The van der Waals surface area contributed by atoms with Gasteiger partial charge in [0.1, 0.15) is 5.82 Å². The molecule has 2 amide bonds. The maximum atomic E-state index is 12.4. The lowest BCUT2D eigenvalue weighted by Gasteiger charge is -2.31. The second-order valence-electron chi connectivity index (χ2n) is 8.51. The number of nitrogens with one attached hydrogen (secondary N) is 1. The molecule has 1 aliphatic rings. The molecule has 0 radical (unpaired) electrons. The van der Waals surface area contributed by atoms with Crippen molar-refractivity contribution in [1.82, 2.24) is 19.8 Å². The number of imidazole rings is 1. The van der Waals surface area contributed by atoms with Crippen molar-refractivity contribution >= 4 is 35.0 Å². The summed E-state index contributed by atoms with van der Waals surface area (Å²) < 4.78 is 16.2. The Kier molecular flexibility index (Phi) is 9.04. The summed E-state index contributed by atoms with van der Waals surface area (Å²) in [5.41, 5.74) is 2.17. The summed E-state index contributed by atoms with van der Waals surface area (Å²) in [6, 6.07) is 5.38. The number of rotatable bonds is 9.